The summed E-state index contributed by atoms with van der Waals surface area (Å²) in [6.45, 7) is 3.77. The molecule has 0 aliphatic carbocycles. The fourth-order valence-corrected chi connectivity index (χ4v) is 3.53. The van der Waals surface area contributed by atoms with Crippen molar-refractivity contribution in [2.45, 2.75) is 6.04 Å². The number of aromatic nitrogens is 1. The van der Waals surface area contributed by atoms with Gasteiger partial charge < -0.3 is 15.0 Å². The van der Waals surface area contributed by atoms with Gasteiger partial charge >= 0.3 is 0 Å². The van der Waals surface area contributed by atoms with Crippen molar-refractivity contribution in [3.8, 4) is 0 Å². The molecule has 28 heavy (non-hydrogen) atoms. The van der Waals surface area contributed by atoms with Crippen LogP contribution in [0.25, 0.3) is 10.8 Å². The number of nitrogens with zero attached hydrogens (tertiary/aromatic N) is 1. The van der Waals surface area contributed by atoms with Gasteiger partial charge in [0.1, 0.15) is 5.69 Å². The molecule has 6 heteroatoms. The molecule has 1 aliphatic rings. The SMILES string of the molecule is O=C(NC(CN1CCOCC1)c1ccccc1)c1cc2ccccc2c(=O)[nH]1. The monoisotopic (exact) mass is 377 g/mol. The van der Waals surface area contributed by atoms with Gasteiger partial charge in [0.25, 0.3) is 11.5 Å². The summed E-state index contributed by atoms with van der Waals surface area (Å²) < 4.78 is 5.42. The minimum Gasteiger partial charge on any atom is -0.379 e. The van der Waals surface area contributed by atoms with Gasteiger partial charge in [-0.1, -0.05) is 48.5 Å². The molecule has 1 aliphatic heterocycles. The van der Waals surface area contributed by atoms with E-state index in [1.807, 2.05) is 48.5 Å². The van der Waals surface area contributed by atoms with Gasteiger partial charge in [0.05, 0.1) is 19.3 Å². The van der Waals surface area contributed by atoms with Crippen LogP contribution < -0.4 is 10.9 Å². The highest BCUT2D eigenvalue weighted by atomic mass is 16.5. The van der Waals surface area contributed by atoms with E-state index in [0.717, 1.165) is 24.0 Å². The summed E-state index contributed by atoms with van der Waals surface area (Å²) in [4.78, 5) is 30.3. The molecule has 1 saturated heterocycles. The Kier molecular flexibility index (Phi) is 5.50. The lowest BCUT2D eigenvalue weighted by Gasteiger charge is -2.31. The number of rotatable bonds is 5. The highest BCUT2D eigenvalue weighted by Gasteiger charge is 2.21. The molecule has 1 aromatic heterocycles. The molecular formula is C22H23N3O3. The lowest BCUT2D eigenvalue weighted by molar-refractivity contribution is 0.0332. The largest absolute Gasteiger partial charge is 0.379 e. The number of benzene rings is 2. The highest BCUT2D eigenvalue weighted by Crippen LogP contribution is 2.17. The Balaban J connectivity index is 1.59. The summed E-state index contributed by atoms with van der Waals surface area (Å²) in [5.41, 5.74) is 1.05. The zero-order chi connectivity index (χ0) is 19.3. The van der Waals surface area contributed by atoms with Gasteiger partial charge in [-0.05, 0) is 23.1 Å². The van der Waals surface area contributed by atoms with Crippen LogP contribution in [0.2, 0.25) is 0 Å². The first-order valence-corrected chi connectivity index (χ1v) is 9.49. The number of morpholine rings is 1. The van der Waals surface area contributed by atoms with Crippen LogP contribution >= 0.6 is 0 Å². The summed E-state index contributed by atoms with van der Waals surface area (Å²) in [5.74, 6) is -0.287. The Labute approximate surface area is 163 Å². The van der Waals surface area contributed by atoms with Crippen LogP contribution in [0, 0.1) is 0 Å². The number of carbonyl (C=O) groups excluding carboxylic acids is 1. The molecule has 4 rings (SSSR count). The van der Waals surface area contributed by atoms with Crippen molar-refractivity contribution in [2.75, 3.05) is 32.8 Å². The van der Waals surface area contributed by atoms with E-state index < -0.39 is 0 Å². The van der Waals surface area contributed by atoms with E-state index in [2.05, 4.69) is 15.2 Å². The number of amides is 1. The second kappa shape index (κ2) is 8.37. The van der Waals surface area contributed by atoms with Crippen LogP contribution in [0.5, 0.6) is 0 Å². The molecule has 1 atom stereocenters. The smallest absolute Gasteiger partial charge is 0.268 e. The molecule has 0 spiro atoms. The maximum absolute atomic E-state index is 12.9. The van der Waals surface area contributed by atoms with Crippen LogP contribution in [-0.2, 0) is 4.74 Å². The lowest BCUT2D eigenvalue weighted by atomic mass is 10.1. The van der Waals surface area contributed by atoms with E-state index in [0.29, 0.717) is 25.1 Å². The predicted octanol–water partition coefficient (Wildman–Crippen LogP) is 2.33. The molecule has 0 radical (unpaired) electrons. The Bertz CT molecular complexity index is 1010. The number of carbonyl (C=O) groups is 1. The van der Waals surface area contributed by atoms with Crippen molar-refractivity contribution < 1.29 is 9.53 Å². The normalized spacial score (nSPS) is 16.0. The second-order valence-corrected chi connectivity index (χ2v) is 6.95. The molecule has 2 heterocycles. The first-order chi connectivity index (χ1) is 13.7. The van der Waals surface area contributed by atoms with Crippen molar-refractivity contribution in [3.63, 3.8) is 0 Å². The van der Waals surface area contributed by atoms with Crippen LogP contribution in [0.4, 0.5) is 0 Å². The first-order valence-electron chi connectivity index (χ1n) is 9.49. The highest BCUT2D eigenvalue weighted by molar-refractivity contribution is 5.96. The number of ether oxygens (including phenoxy) is 1. The van der Waals surface area contributed by atoms with Crippen molar-refractivity contribution in [2.24, 2.45) is 0 Å². The number of hydrogen-bond donors (Lipinski definition) is 2. The average Bonchev–Trinajstić information content (AvgIpc) is 2.74. The molecule has 2 aromatic carbocycles. The number of hydrogen-bond acceptors (Lipinski definition) is 4. The molecule has 144 valence electrons. The molecular weight excluding hydrogens is 354 g/mol. The summed E-state index contributed by atoms with van der Waals surface area (Å²) >= 11 is 0. The van der Waals surface area contributed by atoms with Crippen LogP contribution in [0.1, 0.15) is 22.1 Å². The summed E-state index contributed by atoms with van der Waals surface area (Å²) in [6.07, 6.45) is 0. The topological polar surface area (TPSA) is 74.4 Å². The van der Waals surface area contributed by atoms with Crippen molar-refractivity contribution in [1.29, 1.82) is 0 Å². The number of fused-ring (bicyclic) bond motifs is 1. The van der Waals surface area contributed by atoms with E-state index >= 15 is 0 Å². The van der Waals surface area contributed by atoms with Gasteiger partial charge in [0.15, 0.2) is 0 Å². The summed E-state index contributed by atoms with van der Waals surface area (Å²) in [5, 5.41) is 4.42. The van der Waals surface area contributed by atoms with Crippen molar-refractivity contribution >= 4 is 16.7 Å². The Morgan fingerprint density at radius 1 is 1.07 bits per heavy atom. The molecule has 2 N–H and O–H groups in total. The van der Waals surface area contributed by atoms with E-state index in [4.69, 9.17) is 4.74 Å². The van der Waals surface area contributed by atoms with Gasteiger partial charge in [0.2, 0.25) is 0 Å². The molecule has 0 saturated carbocycles. The van der Waals surface area contributed by atoms with Crippen LogP contribution in [0.3, 0.4) is 0 Å². The number of H-pyrrole nitrogens is 1. The molecule has 1 fully saturated rings. The standard InChI is InChI=1S/C22H23N3O3/c26-21-18-9-5-4-8-17(18)14-19(23-21)22(27)24-20(16-6-2-1-3-7-16)15-25-10-12-28-13-11-25/h1-9,14,20H,10-13,15H2,(H,23,26)(H,24,27). The van der Waals surface area contributed by atoms with E-state index in [-0.39, 0.29) is 23.2 Å². The quantitative estimate of drug-likeness (QED) is 0.716. The second-order valence-electron chi connectivity index (χ2n) is 6.95. The Morgan fingerprint density at radius 3 is 2.57 bits per heavy atom. The fraction of sp³-hybridized carbons (Fsp3) is 0.273. The number of nitrogens with one attached hydrogen (secondary N) is 2. The van der Waals surface area contributed by atoms with Gasteiger partial charge in [0, 0.05) is 25.0 Å². The number of pyridine rings is 1. The Morgan fingerprint density at radius 2 is 1.79 bits per heavy atom. The number of aromatic amines is 1. The molecule has 0 bridgehead atoms. The summed E-state index contributed by atoms with van der Waals surface area (Å²) in [7, 11) is 0. The minimum absolute atomic E-state index is 0.179. The molecule has 6 nitrogen and oxygen atoms in total. The van der Waals surface area contributed by atoms with Crippen LogP contribution in [-0.4, -0.2) is 48.6 Å². The lowest BCUT2D eigenvalue weighted by Crippen LogP contribution is -2.43. The first kappa shape index (κ1) is 18.4. The molecule has 1 amide bonds. The van der Waals surface area contributed by atoms with Crippen molar-refractivity contribution in [1.82, 2.24) is 15.2 Å². The van der Waals surface area contributed by atoms with E-state index in [1.54, 1.807) is 12.1 Å². The third kappa shape index (κ3) is 4.13. The molecule has 3 aromatic rings. The van der Waals surface area contributed by atoms with Gasteiger partial charge in [-0.25, -0.2) is 0 Å². The fourth-order valence-electron chi connectivity index (χ4n) is 3.53. The van der Waals surface area contributed by atoms with E-state index in [9.17, 15) is 9.59 Å². The van der Waals surface area contributed by atoms with Gasteiger partial charge in [-0.15, -0.1) is 0 Å². The minimum atomic E-state index is -0.287. The third-order valence-electron chi connectivity index (χ3n) is 5.05. The predicted molar refractivity (Wildman–Crippen MR) is 108 cm³/mol. The van der Waals surface area contributed by atoms with Crippen molar-refractivity contribution in [3.05, 3.63) is 82.3 Å². The maximum Gasteiger partial charge on any atom is 0.268 e. The zero-order valence-corrected chi connectivity index (χ0v) is 15.6. The van der Waals surface area contributed by atoms with Gasteiger partial charge in [-0.3, -0.25) is 14.5 Å². The van der Waals surface area contributed by atoms with E-state index in [1.165, 1.54) is 0 Å². The summed E-state index contributed by atoms with van der Waals surface area (Å²) in [6, 6.07) is 18.7. The Hall–Kier alpha value is -2.96. The molecule has 1 unspecified atom stereocenters. The van der Waals surface area contributed by atoms with Crippen LogP contribution in [0.15, 0.2) is 65.5 Å². The zero-order valence-electron chi connectivity index (χ0n) is 15.6. The maximum atomic E-state index is 12.9. The average molecular weight is 377 g/mol. The third-order valence-corrected chi connectivity index (χ3v) is 5.05. The van der Waals surface area contributed by atoms with Gasteiger partial charge in [-0.2, -0.15) is 0 Å².